The van der Waals surface area contributed by atoms with Gasteiger partial charge in [-0.2, -0.15) is 0 Å². The van der Waals surface area contributed by atoms with E-state index in [1.807, 2.05) is 0 Å². The van der Waals surface area contributed by atoms with Crippen molar-refractivity contribution >= 4 is 20.0 Å². The molecule has 0 unspecified atom stereocenters. The highest BCUT2D eigenvalue weighted by molar-refractivity contribution is 8.11. The molecule has 0 aromatic rings. The lowest BCUT2D eigenvalue weighted by Crippen LogP contribution is -2.25. The van der Waals surface area contributed by atoms with Crippen LogP contribution in [0.25, 0.3) is 0 Å². The van der Waals surface area contributed by atoms with Crippen LogP contribution in [0, 0.1) is 0 Å². The quantitative estimate of drug-likeness (QED) is 0.224. The van der Waals surface area contributed by atoms with E-state index in [1.54, 1.807) is 0 Å². The summed E-state index contributed by atoms with van der Waals surface area (Å²) in [7, 11) is -3.92. The van der Waals surface area contributed by atoms with Crippen LogP contribution in [-0.2, 0) is 0 Å². The van der Waals surface area contributed by atoms with Gasteiger partial charge < -0.3 is 14.4 Å². The minimum Gasteiger partial charge on any atom is -0.382 e. The van der Waals surface area contributed by atoms with Crippen LogP contribution in [-0.4, -0.2) is 22.3 Å². The van der Waals surface area contributed by atoms with E-state index in [0.29, 0.717) is 0 Å². The zero-order valence-corrected chi connectivity index (χ0v) is 4.18. The van der Waals surface area contributed by atoms with Gasteiger partial charge in [-0.1, -0.05) is 0 Å². The lowest BCUT2D eigenvalue weighted by Gasteiger charge is -1.93. The molecule has 0 radical (unpaired) electrons. The van der Waals surface area contributed by atoms with Crippen LogP contribution in [0.5, 0.6) is 0 Å². The van der Waals surface area contributed by atoms with Crippen LogP contribution >= 0.6 is 12.1 Å². The topological polar surface area (TPSA) is 60.7 Å². The van der Waals surface area contributed by atoms with Crippen LogP contribution < -0.4 is 0 Å². The molecule has 0 atom stereocenters. The van der Waals surface area contributed by atoms with Gasteiger partial charge in [0.05, 0.1) is 0 Å². The lowest BCUT2D eigenvalue weighted by atomic mass is 15.8. The largest absolute Gasteiger partial charge is 0.561 e. The van der Waals surface area contributed by atoms with Crippen molar-refractivity contribution in [3.8, 4) is 0 Å². The Morgan fingerprint density at radius 1 is 1.20 bits per heavy atom. The van der Waals surface area contributed by atoms with Crippen LogP contribution in [0.2, 0.25) is 0 Å². The summed E-state index contributed by atoms with van der Waals surface area (Å²) in [6.07, 6.45) is 0. The van der Waals surface area contributed by atoms with Crippen molar-refractivity contribution in [2.45, 2.75) is 0 Å². The number of rotatable bonds is 0. The standard InChI is InChI=1S/H4O3SSi/c1-5(2,3)4/h1-4H. The first-order valence-electron chi connectivity index (χ1n) is 0.894. The summed E-state index contributed by atoms with van der Waals surface area (Å²) >= 11 is 2.93. The molecule has 5 heavy (non-hydrogen) atoms. The fourth-order valence-corrected chi connectivity index (χ4v) is 0. The van der Waals surface area contributed by atoms with Gasteiger partial charge in [-0.3, -0.25) is 0 Å². The molecule has 32 valence electrons. The smallest absolute Gasteiger partial charge is 0.382 e. The highest BCUT2D eigenvalue weighted by Crippen LogP contribution is 1.85. The van der Waals surface area contributed by atoms with E-state index in [4.69, 9.17) is 14.4 Å². The SMILES string of the molecule is O[Si](O)(O)S. The van der Waals surface area contributed by atoms with Gasteiger partial charge >= 0.3 is 7.95 Å². The fraction of sp³-hybridized carbons (Fsp3) is 0. The van der Waals surface area contributed by atoms with Crippen LogP contribution in [0.4, 0.5) is 0 Å². The second kappa shape index (κ2) is 1.27. The lowest BCUT2D eigenvalue weighted by molar-refractivity contribution is 0.265. The van der Waals surface area contributed by atoms with Gasteiger partial charge in [-0.15, -0.1) is 12.1 Å². The molecule has 0 aliphatic carbocycles. The van der Waals surface area contributed by atoms with Gasteiger partial charge in [0.25, 0.3) is 0 Å². The van der Waals surface area contributed by atoms with Crippen molar-refractivity contribution in [2.75, 3.05) is 0 Å². The Morgan fingerprint density at radius 3 is 1.20 bits per heavy atom. The normalized spacial score (nSPS) is 12.0. The van der Waals surface area contributed by atoms with E-state index in [1.165, 1.54) is 0 Å². The second-order valence-corrected chi connectivity index (χ2v) is 3.60. The molecule has 0 aromatic carbocycles. The van der Waals surface area contributed by atoms with Gasteiger partial charge in [0, 0.05) is 0 Å². The van der Waals surface area contributed by atoms with Crippen molar-refractivity contribution < 1.29 is 14.4 Å². The summed E-state index contributed by atoms with van der Waals surface area (Å²) in [5, 5.41) is 0. The first kappa shape index (κ1) is 5.45. The monoisotopic (exact) mass is 112 g/mol. The molecule has 0 aromatic heterocycles. The maximum Gasteiger partial charge on any atom is 0.561 e. The third-order valence-electron chi connectivity index (χ3n) is 0. The molecule has 0 aliphatic heterocycles. The predicted octanol–water partition coefficient (Wildman–Crippen LogP) is -1.67. The number of hydrogen-bond acceptors (Lipinski definition) is 4. The number of hydrogen-bond donors (Lipinski definition) is 4. The first-order valence-corrected chi connectivity index (χ1v) is 4.02. The first-order chi connectivity index (χ1) is 2.00. The highest BCUT2D eigenvalue weighted by Gasteiger charge is 2.17. The Balaban J connectivity index is 3.02. The molecule has 0 fully saturated rings. The molecule has 0 aliphatic rings. The molecule has 0 saturated heterocycles. The van der Waals surface area contributed by atoms with E-state index in [9.17, 15) is 0 Å². The van der Waals surface area contributed by atoms with Crippen molar-refractivity contribution in [1.29, 1.82) is 0 Å². The van der Waals surface area contributed by atoms with E-state index < -0.39 is 7.95 Å². The third-order valence-corrected chi connectivity index (χ3v) is 0. The molecule has 5 heteroatoms. The molecule has 0 saturated carbocycles. The van der Waals surface area contributed by atoms with Crippen molar-refractivity contribution in [3.05, 3.63) is 0 Å². The number of thiol groups is 1. The highest BCUT2D eigenvalue weighted by atomic mass is 32.3. The van der Waals surface area contributed by atoms with Gasteiger partial charge in [0.1, 0.15) is 0 Å². The third kappa shape index (κ3) is 133. The Hall–Kier alpha value is 0.447. The minimum absolute atomic E-state index is 2.93. The molecule has 0 rings (SSSR count). The maximum atomic E-state index is 7.64. The molecule has 3 nitrogen and oxygen atoms in total. The summed E-state index contributed by atoms with van der Waals surface area (Å²) < 4.78 is 0. The second-order valence-electron chi connectivity index (χ2n) is 0.600. The van der Waals surface area contributed by atoms with E-state index in [-0.39, 0.29) is 0 Å². The predicted molar refractivity (Wildman–Crippen MR) is 21.4 cm³/mol. The van der Waals surface area contributed by atoms with Gasteiger partial charge in [-0.05, 0) is 0 Å². The summed E-state index contributed by atoms with van der Waals surface area (Å²) in [5.74, 6) is 0. The van der Waals surface area contributed by atoms with Gasteiger partial charge in [0.2, 0.25) is 0 Å². The Bertz CT molecular complexity index is 22.4. The van der Waals surface area contributed by atoms with Crippen LogP contribution in [0.1, 0.15) is 0 Å². The Morgan fingerprint density at radius 2 is 1.20 bits per heavy atom. The van der Waals surface area contributed by atoms with Gasteiger partial charge in [-0.25, -0.2) is 0 Å². The van der Waals surface area contributed by atoms with Crippen LogP contribution in [0.15, 0.2) is 0 Å². The van der Waals surface area contributed by atoms with Crippen molar-refractivity contribution in [1.82, 2.24) is 0 Å². The Kier molecular flexibility index (Phi) is 1.38. The van der Waals surface area contributed by atoms with Crippen molar-refractivity contribution in [2.24, 2.45) is 0 Å². The average molecular weight is 112 g/mol. The van der Waals surface area contributed by atoms with E-state index in [2.05, 4.69) is 12.1 Å². The Labute approximate surface area is 35.3 Å². The minimum atomic E-state index is -3.92. The summed E-state index contributed by atoms with van der Waals surface area (Å²) in [6, 6.07) is 0. The average Bonchev–Trinajstić information content (AvgIpc) is 0.722. The van der Waals surface area contributed by atoms with E-state index >= 15 is 0 Å². The molecule has 0 bridgehead atoms. The van der Waals surface area contributed by atoms with E-state index in [0.717, 1.165) is 0 Å². The fourth-order valence-electron chi connectivity index (χ4n) is 0. The summed E-state index contributed by atoms with van der Waals surface area (Å²) in [4.78, 5) is 22.9. The maximum absolute atomic E-state index is 7.64. The van der Waals surface area contributed by atoms with Gasteiger partial charge in [0.15, 0.2) is 0 Å². The molecule has 0 amide bonds. The van der Waals surface area contributed by atoms with Crippen molar-refractivity contribution in [3.63, 3.8) is 0 Å². The zero-order chi connectivity index (χ0) is 4.50. The molecule has 3 N–H and O–H groups in total. The zero-order valence-electron chi connectivity index (χ0n) is 2.29. The molecular formula is H4O3SSi. The summed E-state index contributed by atoms with van der Waals surface area (Å²) in [5.41, 5.74) is 0. The molecule has 0 spiro atoms. The summed E-state index contributed by atoms with van der Waals surface area (Å²) in [6.45, 7) is 0. The molecule has 0 heterocycles. The van der Waals surface area contributed by atoms with Crippen LogP contribution in [0.3, 0.4) is 0 Å². The molecular weight excluding hydrogens is 108 g/mol.